The quantitative estimate of drug-likeness (QED) is 0.823. The second-order valence-corrected chi connectivity index (χ2v) is 6.79. The average Bonchev–Trinajstić information content (AvgIpc) is 2.91. The maximum absolute atomic E-state index is 4.15. The van der Waals surface area contributed by atoms with E-state index in [4.69, 9.17) is 0 Å². The van der Waals surface area contributed by atoms with E-state index in [1.54, 1.807) is 11.3 Å². The first kappa shape index (κ1) is 12.3. The first-order valence-corrected chi connectivity index (χ1v) is 7.70. The fourth-order valence-corrected chi connectivity index (χ4v) is 4.39. The van der Waals surface area contributed by atoms with Gasteiger partial charge in [-0.25, -0.2) is 0 Å². The molecule has 0 bridgehead atoms. The molecule has 1 saturated carbocycles. The number of thioether (sulfide) groups is 1. The molecule has 1 aliphatic carbocycles. The Morgan fingerprint density at radius 3 is 2.75 bits per heavy atom. The van der Waals surface area contributed by atoms with Crippen molar-refractivity contribution < 1.29 is 0 Å². The van der Waals surface area contributed by atoms with Crippen molar-refractivity contribution in [3.8, 4) is 0 Å². The zero-order valence-electron chi connectivity index (χ0n) is 9.90. The Bertz CT molecular complexity index is 321. The summed E-state index contributed by atoms with van der Waals surface area (Å²) in [7, 11) is 2.08. The molecule has 16 heavy (non-hydrogen) atoms. The van der Waals surface area contributed by atoms with E-state index in [0.29, 0.717) is 6.04 Å². The summed E-state index contributed by atoms with van der Waals surface area (Å²) >= 11 is 3.54. The predicted molar refractivity (Wildman–Crippen MR) is 70.2 cm³/mol. The van der Waals surface area contributed by atoms with Crippen LogP contribution < -0.4 is 5.32 Å². The molecule has 1 aliphatic rings. The summed E-state index contributed by atoms with van der Waals surface area (Å²) in [5, 5.41) is 12.7. The average molecular weight is 257 g/mol. The van der Waals surface area contributed by atoms with Gasteiger partial charge in [0, 0.05) is 11.8 Å². The van der Waals surface area contributed by atoms with E-state index in [-0.39, 0.29) is 0 Å². The number of nitrogens with zero attached hydrogens (tertiary/aromatic N) is 2. The summed E-state index contributed by atoms with van der Waals surface area (Å²) in [5.41, 5.74) is 0. The van der Waals surface area contributed by atoms with E-state index in [1.807, 2.05) is 18.7 Å². The SMILES string of the molecule is CNC(CSc1nnc(C)s1)C1CCCC1. The topological polar surface area (TPSA) is 37.8 Å². The van der Waals surface area contributed by atoms with Gasteiger partial charge >= 0.3 is 0 Å². The van der Waals surface area contributed by atoms with Crippen LogP contribution in [-0.2, 0) is 0 Å². The number of aromatic nitrogens is 2. The van der Waals surface area contributed by atoms with Crippen molar-refractivity contribution in [2.24, 2.45) is 5.92 Å². The third kappa shape index (κ3) is 3.18. The lowest BCUT2D eigenvalue weighted by atomic mass is 10.0. The molecule has 0 saturated heterocycles. The number of hydrogen-bond acceptors (Lipinski definition) is 5. The van der Waals surface area contributed by atoms with Crippen LogP contribution in [0.25, 0.3) is 0 Å². The van der Waals surface area contributed by atoms with Gasteiger partial charge in [-0.3, -0.25) is 0 Å². The van der Waals surface area contributed by atoms with E-state index in [2.05, 4.69) is 22.6 Å². The molecular weight excluding hydrogens is 238 g/mol. The fourth-order valence-electron chi connectivity index (χ4n) is 2.31. The highest BCUT2D eigenvalue weighted by atomic mass is 32.2. The molecule has 0 spiro atoms. The van der Waals surface area contributed by atoms with Gasteiger partial charge in [-0.2, -0.15) is 0 Å². The number of hydrogen-bond donors (Lipinski definition) is 1. The maximum Gasteiger partial charge on any atom is 0.174 e. The van der Waals surface area contributed by atoms with Gasteiger partial charge in [0.15, 0.2) is 4.34 Å². The molecule has 1 unspecified atom stereocenters. The minimum Gasteiger partial charge on any atom is -0.316 e. The predicted octanol–water partition coefficient (Wildman–Crippen LogP) is 2.72. The van der Waals surface area contributed by atoms with E-state index in [0.717, 1.165) is 21.0 Å². The largest absolute Gasteiger partial charge is 0.316 e. The second-order valence-electron chi connectivity index (χ2n) is 4.34. The van der Waals surface area contributed by atoms with Crippen molar-refractivity contribution in [2.45, 2.75) is 43.0 Å². The van der Waals surface area contributed by atoms with Crippen LogP contribution in [0.5, 0.6) is 0 Å². The molecule has 1 atom stereocenters. The Labute approximate surface area is 105 Å². The van der Waals surface area contributed by atoms with Gasteiger partial charge in [-0.1, -0.05) is 35.9 Å². The second kappa shape index (κ2) is 5.98. The van der Waals surface area contributed by atoms with Gasteiger partial charge in [-0.15, -0.1) is 10.2 Å². The molecule has 1 N–H and O–H groups in total. The van der Waals surface area contributed by atoms with Crippen molar-refractivity contribution in [3.63, 3.8) is 0 Å². The monoisotopic (exact) mass is 257 g/mol. The highest BCUT2D eigenvalue weighted by molar-refractivity contribution is 8.01. The first-order valence-electron chi connectivity index (χ1n) is 5.90. The van der Waals surface area contributed by atoms with Crippen LogP contribution in [0, 0.1) is 12.8 Å². The van der Waals surface area contributed by atoms with Gasteiger partial charge in [0.2, 0.25) is 0 Å². The van der Waals surface area contributed by atoms with E-state index in [1.165, 1.54) is 25.7 Å². The Hall–Kier alpha value is -0.130. The Kier molecular flexibility index (Phi) is 4.61. The Balaban J connectivity index is 1.82. The van der Waals surface area contributed by atoms with E-state index in [9.17, 15) is 0 Å². The lowest BCUT2D eigenvalue weighted by Crippen LogP contribution is -2.34. The summed E-state index contributed by atoms with van der Waals surface area (Å²) in [6, 6.07) is 0.636. The zero-order chi connectivity index (χ0) is 11.4. The zero-order valence-corrected chi connectivity index (χ0v) is 11.5. The minimum absolute atomic E-state index is 0.636. The van der Waals surface area contributed by atoms with E-state index < -0.39 is 0 Å². The lowest BCUT2D eigenvalue weighted by molar-refractivity contribution is 0.410. The van der Waals surface area contributed by atoms with Gasteiger partial charge < -0.3 is 5.32 Å². The highest BCUT2D eigenvalue weighted by Crippen LogP contribution is 2.31. The summed E-state index contributed by atoms with van der Waals surface area (Å²) in [4.78, 5) is 0. The van der Waals surface area contributed by atoms with Crippen LogP contribution in [0.2, 0.25) is 0 Å². The smallest absolute Gasteiger partial charge is 0.174 e. The number of rotatable bonds is 5. The molecule has 1 aromatic rings. The molecule has 0 radical (unpaired) electrons. The van der Waals surface area contributed by atoms with Gasteiger partial charge in [0.05, 0.1) is 0 Å². The van der Waals surface area contributed by atoms with Crippen molar-refractivity contribution >= 4 is 23.1 Å². The summed E-state index contributed by atoms with van der Waals surface area (Å²) in [5.74, 6) is 1.99. The van der Waals surface area contributed by atoms with Crippen molar-refractivity contribution in [2.75, 3.05) is 12.8 Å². The molecule has 1 fully saturated rings. The normalized spacial score (nSPS) is 19.1. The Morgan fingerprint density at radius 2 is 2.19 bits per heavy atom. The molecule has 0 aliphatic heterocycles. The van der Waals surface area contributed by atoms with Crippen molar-refractivity contribution in [1.29, 1.82) is 0 Å². The lowest BCUT2D eigenvalue weighted by Gasteiger charge is -2.21. The van der Waals surface area contributed by atoms with Crippen molar-refractivity contribution in [3.05, 3.63) is 5.01 Å². The van der Waals surface area contributed by atoms with Crippen LogP contribution >= 0.6 is 23.1 Å². The molecule has 2 rings (SSSR count). The fraction of sp³-hybridized carbons (Fsp3) is 0.818. The molecule has 0 amide bonds. The maximum atomic E-state index is 4.15. The highest BCUT2D eigenvalue weighted by Gasteiger charge is 2.24. The van der Waals surface area contributed by atoms with Crippen LogP contribution in [0.3, 0.4) is 0 Å². The van der Waals surface area contributed by atoms with Crippen molar-refractivity contribution in [1.82, 2.24) is 15.5 Å². The summed E-state index contributed by atoms with van der Waals surface area (Å²) < 4.78 is 1.11. The molecule has 3 nitrogen and oxygen atoms in total. The van der Waals surface area contributed by atoms with Gasteiger partial charge in [0.25, 0.3) is 0 Å². The molecular formula is C11H19N3S2. The van der Waals surface area contributed by atoms with Crippen LogP contribution in [0.15, 0.2) is 4.34 Å². The minimum atomic E-state index is 0.636. The summed E-state index contributed by atoms with van der Waals surface area (Å²) in [6.45, 7) is 2.01. The van der Waals surface area contributed by atoms with Crippen LogP contribution in [0.1, 0.15) is 30.7 Å². The number of aryl methyl sites for hydroxylation is 1. The first-order chi connectivity index (χ1) is 7.79. The van der Waals surface area contributed by atoms with Crippen LogP contribution in [-0.4, -0.2) is 29.0 Å². The molecule has 1 heterocycles. The van der Waals surface area contributed by atoms with Gasteiger partial charge in [-0.05, 0) is 32.7 Å². The molecule has 1 aromatic heterocycles. The third-order valence-electron chi connectivity index (χ3n) is 3.23. The van der Waals surface area contributed by atoms with E-state index >= 15 is 0 Å². The third-order valence-corrected chi connectivity index (χ3v) is 5.32. The van der Waals surface area contributed by atoms with Gasteiger partial charge in [0.1, 0.15) is 5.01 Å². The number of nitrogens with one attached hydrogen (secondary N) is 1. The van der Waals surface area contributed by atoms with Crippen LogP contribution in [0.4, 0.5) is 0 Å². The standard InChI is InChI=1S/C11H19N3S2/c1-8-13-14-11(16-8)15-7-10(12-2)9-5-3-4-6-9/h9-10,12H,3-7H2,1-2H3. The Morgan fingerprint density at radius 1 is 1.44 bits per heavy atom. The molecule has 90 valence electrons. The summed E-state index contributed by atoms with van der Waals surface area (Å²) in [6.07, 6.45) is 5.60. The molecule has 0 aromatic carbocycles. The molecule has 5 heteroatoms.